The van der Waals surface area contributed by atoms with Crippen LogP contribution in [0.25, 0.3) is 0 Å². The van der Waals surface area contributed by atoms with Gasteiger partial charge >= 0.3 is 0 Å². The van der Waals surface area contributed by atoms with Crippen LogP contribution >= 0.6 is 11.3 Å². The highest BCUT2D eigenvalue weighted by molar-refractivity contribution is 7.09. The first-order chi connectivity index (χ1) is 7.88. The standard InChI is InChI=1S/C13H20N2S/c1-2-6-14-7-4-8-15(10-9-14)12-13-5-3-11-16-13/h2-3,5,11H,1,4,6-10,12H2. The molecule has 1 aromatic heterocycles. The molecule has 0 aromatic carbocycles. The van der Waals surface area contributed by atoms with Crippen LogP contribution in [0.15, 0.2) is 30.2 Å². The Morgan fingerprint density at radius 2 is 2.06 bits per heavy atom. The summed E-state index contributed by atoms with van der Waals surface area (Å²) in [7, 11) is 0. The topological polar surface area (TPSA) is 6.48 Å². The monoisotopic (exact) mass is 236 g/mol. The van der Waals surface area contributed by atoms with Gasteiger partial charge in [0.15, 0.2) is 0 Å². The van der Waals surface area contributed by atoms with Gasteiger partial charge in [-0.3, -0.25) is 9.80 Å². The number of thiophene rings is 1. The third kappa shape index (κ3) is 3.44. The van der Waals surface area contributed by atoms with E-state index in [1.165, 1.54) is 37.5 Å². The molecule has 88 valence electrons. The van der Waals surface area contributed by atoms with E-state index in [-0.39, 0.29) is 0 Å². The molecule has 1 aliphatic rings. The molecule has 0 aliphatic carbocycles. The Morgan fingerprint density at radius 3 is 2.81 bits per heavy atom. The molecule has 0 unspecified atom stereocenters. The van der Waals surface area contributed by atoms with Gasteiger partial charge in [0, 0.05) is 31.1 Å². The van der Waals surface area contributed by atoms with Gasteiger partial charge in [0.25, 0.3) is 0 Å². The molecule has 1 aromatic rings. The van der Waals surface area contributed by atoms with Crippen molar-refractivity contribution in [1.29, 1.82) is 0 Å². The first-order valence-corrected chi connectivity index (χ1v) is 6.84. The van der Waals surface area contributed by atoms with Gasteiger partial charge < -0.3 is 0 Å². The van der Waals surface area contributed by atoms with Crippen molar-refractivity contribution in [1.82, 2.24) is 9.80 Å². The van der Waals surface area contributed by atoms with Crippen molar-refractivity contribution in [2.24, 2.45) is 0 Å². The maximum Gasteiger partial charge on any atom is 0.0328 e. The Kier molecular flexibility index (Phi) is 4.57. The number of hydrogen-bond donors (Lipinski definition) is 0. The van der Waals surface area contributed by atoms with Crippen molar-refractivity contribution in [2.45, 2.75) is 13.0 Å². The summed E-state index contributed by atoms with van der Waals surface area (Å²) in [6, 6.07) is 4.37. The fraction of sp³-hybridized carbons (Fsp3) is 0.538. The van der Waals surface area contributed by atoms with Crippen LogP contribution in [-0.2, 0) is 6.54 Å². The van der Waals surface area contributed by atoms with Gasteiger partial charge in [0.05, 0.1) is 0 Å². The molecule has 0 radical (unpaired) electrons. The van der Waals surface area contributed by atoms with E-state index in [1.807, 2.05) is 17.4 Å². The molecule has 2 heterocycles. The molecular formula is C13H20N2S. The highest BCUT2D eigenvalue weighted by atomic mass is 32.1. The first-order valence-electron chi connectivity index (χ1n) is 5.96. The minimum atomic E-state index is 1.03. The average molecular weight is 236 g/mol. The SMILES string of the molecule is C=CCN1CCCN(Cc2cccs2)CC1. The summed E-state index contributed by atoms with van der Waals surface area (Å²) < 4.78 is 0. The van der Waals surface area contributed by atoms with Crippen LogP contribution in [0, 0.1) is 0 Å². The number of hydrogen-bond acceptors (Lipinski definition) is 3. The highest BCUT2D eigenvalue weighted by Gasteiger charge is 2.13. The molecule has 0 N–H and O–H groups in total. The molecule has 16 heavy (non-hydrogen) atoms. The lowest BCUT2D eigenvalue weighted by molar-refractivity contribution is 0.264. The minimum Gasteiger partial charge on any atom is -0.298 e. The molecule has 1 saturated heterocycles. The molecule has 0 atom stereocenters. The van der Waals surface area contributed by atoms with Crippen molar-refractivity contribution in [3.05, 3.63) is 35.0 Å². The molecule has 0 spiro atoms. The molecular weight excluding hydrogens is 216 g/mol. The molecule has 0 saturated carbocycles. The summed E-state index contributed by atoms with van der Waals surface area (Å²) in [5, 5.41) is 2.16. The van der Waals surface area contributed by atoms with E-state index in [9.17, 15) is 0 Å². The van der Waals surface area contributed by atoms with Crippen LogP contribution in [0.5, 0.6) is 0 Å². The lowest BCUT2D eigenvalue weighted by Gasteiger charge is -2.20. The molecule has 1 fully saturated rings. The molecule has 1 aliphatic heterocycles. The summed E-state index contributed by atoms with van der Waals surface area (Å²) >= 11 is 1.86. The normalized spacial score (nSPS) is 19.5. The van der Waals surface area contributed by atoms with Gasteiger partial charge in [-0.15, -0.1) is 17.9 Å². The van der Waals surface area contributed by atoms with Crippen LogP contribution in [0.2, 0.25) is 0 Å². The predicted molar refractivity (Wildman–Crippen MR) is 70.9 cm³/mol. The Hall–Kier alpha value is -0.640. The quantitative estimate of drug-likeness (QED) is 0.741. The van der Waals surface area contributed by atoms with Crippen LogP contribution in [0.1, 0.15) is 11.3 Å². The van der Waals surface area contributed by atoms with Gasteiger partial charge in [-0.25, -0.2) is 0 Å². The van der Waals surface area contributed by atoms with E-state index in [0.29, 0.717) is 0 Å². The summed E-state index contributed by atoms with van der Waals surface area (Å²) in [4.78, 5) is 6.54. The van der Waals surface area contributed by atoms with Gasteiger partial charge in [-0.05, 0) is 31.0 Å². The van der Waals surface area contributed by atoms with E-state index in [0.717, 1.165) is 13.1 Å². The second kappa shape index (κ2) is 6.18. The van der Waals surface area contributed by atoms with Crippen molar-refractivity contribution in [2.75, 3.05) is 32.7 Å². The van der Waals surface area contributed by atoms with Gasteiger partial charge in [0.1, 0.15) is 0 Å². The lowest BCUT2D eigenvalue weighted by Crippen LogP contribution is -2.30. The van der Waals surface area contributed by atoms with E-state index < -0.39 is 0 Å². The smallest absolute Gasteiger partial charge is 0.0328 e. The van der Waals surface area contributed by atoms with Gasteiger partial charge in [-0.1, -0.05) is 12.1 Å². The molecule has 0 bridgehead atoms. The van der Waals surface area contributed by atoms with Gasteiger partial charge in [-0.2, -0.15) is 0 Å². The third-order valence-corrected chi connectivity index (χ3v) is 3.89. The number of nitrogens with zero attached hydrogens (tertiary/aromatic N) is 2. The summed E-state index contributed by atoms with van der Waals surface area (Å²) in [6.45, 7) is 10.8. The molecule has 3 heteroatoms. The fourth-order valence-electron chi connectivity index (χ4n) is 2.17. The average Bonchev–Trinajstić information content (AvgIpc) is 2.68. The van der Waals surface area contributed by atoms with Crippen molar-refractivity contribution in [3.8, 4) is 0 Å². The highest BCUT2D eigenvalue weighted by Crippen LogP contribution is 2.13. The first kappa shape index (κ1) is 11.8. The van der Waals surface area contributed by atoms with E-state index in [1.54, 1.807) is 0 Å². The molecule has 2 nitrogen and oxygen atoms in total. The predicted octanol–water partition coefficient (Wildman–Crippen LogP) is 2.44. The summed E-state index contributed by atoms with van der Waals surface area (Å²) in [5.74, 6) is 0. The van der Waals surface area contributed by atoms with E-state index in [2.05, 4.69) is 33.9 Å². The van der Waals surface area contributed by atoms with Crippen LogP contribution in [0.3, 0.4) is 0 Å². The Labute approximate surface area is 102 Å². The van der Waals surface area contributed by atoms with Crippen LogP contribution in [0.4, 0.5) is 0 Å². The minimum absolute atomic E-state index is 1.03. The van der Waals surface area contributed by atoms with Crippen molar-refractivity contribution in [3.63, 3.8) is 0 Å². The van der Waals surface area contributed by atoms with E-state index in [4.69, 9.17) is 0 Å². The number of rotatable bonds is 4. The fourth-order valence-corrected chi connectivity index (χ4v) is 2.92. The zero-order chi connectivity index (χ0) is 11.2. The lowest BCUT2D eigenvalue weighted by atomic mass is 10.3. The Bertz CT molecular complexity index is 308. The zero-order valence-electron chi connectivity index (χ0n) is 9.77. The maximum absolute atomic E-state index is 3.81. The second-order valence-corrected chi connectivity index (χ2v) is 5.33. The maximum atomic E-state index is 3.81. The molecule has 0 amide bonds. The Morgan fingerprint density at radius 1 is 1.25 bits per heavy atom. The molecule has 2 rings (SSSR count). The zero-order valence-corrected chi connectivity index (χ0v) is 10.6. The van der Waals surface area contributed by atoms with Gasteiger partial charge in [0.2, 0.25) is 0 Å². The van der Waals surface area contributed by atoms with Crippen molar-refractivity contribution >= 4 is 11.3 Å². The summed E-state index contributed by atoms with van der Waals surface area (Å²) in [5.41, 5.74) is 0. The largest absolute Gasteiger partial charge is 0.298 e. The Balaban J connectivity index is 1.82. The third-order valence-electron chi connectivity index (χ3n) is 3.03. The second-order valence-electron chi connectivity index (χ2n) is 4.30. The van der Waals surface area contributed by atoms with Crippen molar-refractivity contribution < 1.29 is 0 Å². The summed E-state index contributed by atoms with van der Waals surface area (Å²) in [6.07, 6.45) is 3.29. The van der Waals surface area contributed by atoms with E-state index >= 15 is 0 Å². The van der Waals surface area contributed by atoms with Crippen LogP contribution < -0.4 is 0 Å². The van der Waals surface area contributed by atoms with Crippen LogP contribution in [-0.4, -0.2) is 42.5 Å².